The fraction of sp³-hybridized carbons (Fsp3) is 0.527. The highest BCUT2D eigenvalue weighted by Crippen LogP contribution is 2.30. The number of likely N-dealkylation sites (N-methyl/N-ethyl adjacent to an activating group) is 2. The molecule has 0 unspecified atom stereocenters. The molecule has 0 bridgehead atoms. The number of hydrogen-bond acceptors (Lipinski definition) is 11. The Labute approximate surface area is 446 Å². The number of amides is 8. The van der Waals surface area contributed by atoms with Crippen molar-refractivity contribution in [2.45, 2.75) is 149 Å². The smallest absolute Gasteiger partial charge is 0.251 e. The van der Waals surface area contributed by atoms with Gasteiger partial charge in [-0.05, 0) is 114 Å². The van der Waals surface area contributed by atoms with Crippen LogP contribution in [0.4, 0.5) is 5.69 Å². The lowest BCUT2D eigenvalue weighted by molar-refractivity contribution is -0.144. The van der Waals surface area contributed by atoms with Gasteiger partial charge in [-0.25, -0.2) is 0 Å². The van der Waals surface area contributed by atoms with Gasteiger partial charge in [0, 0.05) is 47.0 Å². The first-order valence-electron chi connectivity index (χ1n) is 25.5. The molecule has 0 saturated carbocycles. The average molecular weight is 1060 g/mol. The van der Waals surface area contributed by atoms with Gasteiger partial charge in [0.25, 0.3) is 11.8 Å². The van der Waals surface area contributed by atoms with Gasteiger partial charge in [-0.3, -0.25) is 38.4 Å². The third kappa shape index (κ3) is 15.3. The van der Waals surface area contributed by atoms with Gasteiger partial charge in [-0.2, -0.15) is 0 Å². The Hall–Kier alpha value is -6.57. The van der Waals surface area contributed by atoms with Crippen LogP contribution in [0.5, 0.6) is 0 Å². The summed E-state index contributed by atoms with van der Waals surface area (Å²) < 4.78 is 0. The zero-order valence-corrected chi connectivity index (χ0v) is 46.3. The molecule has 8 amide bonds. The molecule has 0 spiro atoms. The van der Waals surface area contributed by atoms with Crippen molar-refractivity contribution in [3.63, 3.8) is 0 Å². The van der Waals surface area contributed by atoms with Crippen LogP contribution in [0.2, 0.25) is 5.02 Å². The molecule has 2 heterocycles. The van der Waals surface area contributed by atoms with Gasteiger partial charge in [-0.15, -0.1) is 0 Å². The minimum atomic E-state index is -1.05. The van der Waals surface area contributed by atoms with Gasteiger partial charge in [0.05, 0.1) is 24.2 Å². The summed E-state index contributed by atoms with van der Waals surface area (Å²) in [4.78, 5) is 115. The number of likely N-dealkylation sites (tertiary alicyclic amines) is 2. The van der Waals surface area contributed by atoms with Crippen molar-refractivity contribution in [2.75, 3.05) is 32.9 Å². The number of rotatable bonds is 18. The summed E-state index contributed by atoms with van der Waals surface area (Å²) in [7, 11) is 3.26. The molecule has 0 aromatic heterocycles. The minimum absolute atomic E-state index is 0.0216. The number of anilines is 1. The van der Waals surface area contributed by atoms with Crippen molar-refractivity contribution < 1.29 is 38.4 Å². The second-order valence-electron chi connectivity index (χ2n) is 22.2. The molecule has 3 aromatic carbocycles. The molecule has 0 radical (unpaired) electrons. The first-order valence-corrected chi connectivity index (χ1v) is 25.9. The van der Waals surface area contributed by atoms with Crippen LogP contribution in [-0.2, 0) is 28.8 Å². The highest BCUT2D eigenvalue weighted by atomic mass is 35.5. The third-order valence-corrected chi connectivity index (χ3v) is 14.3. The van der Waals surface area contributed by atoms with Crippen molar-refractivity contribution in [1.82, 2.24) is 52.3 Å². The van der Waals surface area contributed by atoms with E-state index in [-0.39, 0.29) is 42.7 Å². The molecule has 2 saturated heterocycles. The largest absolute Gasteiger partial charge is 0.399 e. The molecule has 2 fully saturated rings. The van der Waals surface area contributed by atoms with Crippen LogP contribution in [0, 0.1) is 17.8 Å². The van der Waals surface area contributed by atoms with E-state index in [1.54, 1.807) is 59.1 Å². The first-order chi connectivity index (χ1) is 35.0. The molecular formula is C55H78ClN11O8. The number of aryl methyl sites for hydroxylation is 1. The molecule has 408 valence electrons. The molecule has 10 atom stereocenters. The second kappa shape index (κ2) is 24.8. The van der Waals surface area contributed by atoms with E-state index in [9.17, 15) is 38.4 Å². The van der Waals surface area contributed by atoms with E-state index in [2.05, 4.69) is 42.5 Å². The molecule has 0 aliphatic carbocycles. The van der Waals surface area contributed by atoms with Gasteiger partial charge >= 0.3 is 0 Å². The lowest BCUT2D eigenvalue weighted by atomic mass is 9.85. The predicted octanol–water partition coefficient (Wildman–Crippen LogP) is 3.66. The Morgan fingerprint density at radius 1 is 0.573 bits per heavy atom. The monoisotopic (exact) mass is 1060 g/mol. The fourth-order valence-corrected chi connectivity index (χ4v) is 9.26. The molecule has 2 aliphatic rings. The van der Waals surface area contributed by atoms with Crippen molar-refractivity contribution in [3.8, 4) is 0 Å². The van der Waals surface area contributed by atoms with E-state index in [0.29, 0.717) is 5.02 Å². The fourth-order valence-electron chi connectivity index (χ4n) is 9.13. The van der Waals surface area contributed by atoms with Gasteiger partial charge in [0.1, 0.15) is 24.2 Å². The molecule has 5 rings (SSSR count). The lowest BCUT2D eigenvalue weighted by Gasteiger charge is -2.36. The summed E-state index contributed by atoms with van der Waals surface area (Å²) in [6.45, 7) is 19.7. The van der Waals surface area contributed by atoms with Crippen LogP contribution >= 0.6 is 11.6 Å². The summed E-state index contributed by atoms with van der Waals surface area (Å²) in [5.41, 5.74) is 7.60. The number of carbonyl (C=O) groups is 8. The number of hydrogen-bond donors (Lipinski definition) is 9. The van der Waals surface area contributed by atoms with Crippen LogP contribution in [0.1, 0.15) is 132 Å². The first kappa shape index (κ1) is 59.3. The van der Waals surface area contributed by atoms with Crippen LogP contribution < -0.4 is 48.3 Å². The molecule has 2 aliphatic heterocycles. The summed E-state index contributed by atoms with van der Waals surface area (Å²) in [5.74, 6) is -3.97. The van der Waals surface area contributed by atoms with Crippen LogP contribution in [0.15, 0.2) is 66.7 Å². The predicted molar refractivity (Wildman–Crippen MR) is 289 cm³/mol. The Bertz CT molecular complexity index is 2410. The number of halogens is 1. The molecular weight excluding hydrogens is 978 g/mol. The van der Waals surface area contributed by atoms with Crippen molar-refractivity contribution in [1.29, 1.82) is 0 Å². The number of nitrogen functional groups attached to an aromatic ring is 1. The molecule has 10 N–H and O–H groups in total. The zero-order chi connectivity index (χ0) is 55.9. The van der Waals surface area contributed by atoms with E-state index in [4.69, 9.17) is 17.3 Å². The van der Waals surface area contributed by atoms with Gasteiger partial charge in [0.15, 0.2) is 0 Å². The normalized spacial score (nSPS) is 20.1. The van der Waals surface area contributed by atoms with E-state index < -0.39 is 119 Å². The summed E-state index contributed by atoms with van der Waals surface area (Å²) in [6.07, 6.45) is 0.0590. The minimum Gasteiger partial charge on any atom is -0.399 e. The maximum absolute atomic E-state index is 14.6. The number of carbonyl (C=O) groups excluding carboxylic acids is 8. The highest BCUT2D eigenvalue weighted by molar-refractivity contribution is 6.30. The SMILES string of the molecule is CN[C@@H](C)C(=O)N[C@H](C(=O)N1C[C@@H](NC(=O)c2cc(N)cc(C(=O)N[C@H]3C[C@@H](C(=O)N[C@H](C)c4ccc(Cl)cc4)N(C(=O)[C@@H](NC(=O)[C@H](C)NC)C(C)(C)C)C3)c2)C[C@H]1C(=O)N[C@H](C)c1ccc(C)cc1)C(C)(C)C. The van der Waals surface area contributed by atoms with Gasteiger partial charge in [0.2, 0.25) is 35.4 Å². The maximum atomic E-state index is 14.6. The van der Waals surface area contributed by atoms with Crippen molar-refractivity contribution in [3.05, 3.63) is 99.6 Å². The van der Waals surface area contributed by atoms with E-state index in [0.717, 1.165) is 16.7 Å². The standard InChI is InChI=1S/C55H78ClN11O8/c1-29-14-16-34(17-15-29)30(2)60-50(72)42-25-40(27-66(42)52(74)44(54(6,7)8)64-46(68)32(4)58-12)62-48(70)36-22-37(24-39(57)23-36)49(71)63-41-26-43(51(73)61-31(3)35-18-20-38(56)21-19-35)67(28-41)53(75)45(55(9,10)11)65-47(69)33(5)59-13/h14-24,30-33,40-45,58-59H,25-28,57H2,1-13H3,(H,60,72)(H,61,73)(H,62,70)(H,63,71)(H,64,68)(H,65,69)/t30-,31-,32+,33+,40+,41+,42+,43+,44-,45-/m1/s1. The van der Waals surface area contributed by atoms with Crippen molar-refractivity contribution >= 4 is 64.5 Å². The Balaban J connectivity index is 1.38. The topological polar surface area (TPSA) is 265 Å². The number of nitrogens with zero attached hydrogens (tertiary/aromatic N) is 2. The lowest BCUT2D eigenvalue weighted by Crippen LogP contribution is -2.59. The molecule has 3 aromatic rings. The Morgan fingerprint density at radius 3 is 1.28 bits per heavy atom. The molecule has 20 heteroatoms. The van der Waals surface area contributed by atoms with Crippen LogP contribution in [0.25, 0.3) is 0 Å². The van der Waals surface area contributed by atoms with Gasteiger partial charge < -0.3 is 58.1 Å². The van der Waals surface area contributed by atoms with E-state index >= 15 is 0 Å². The maximum Gasteiger partial charge on any atom is 0.251 e. The van der Waals surface area contributed by atoms with E-state index in [1.165, 1.54) is 28.0 Å². The second-order valence-corrected chi connectivity index (χ2v) is 22.7. The van der Waals surface area contributed by atoms with Gasteiger partial charge in [-0.1, -0.05) is 95.1 Å². The summed E-state index contributed by atoms with van der Waals surface area (Å²) >= 11 is 6.12. The van der Waals surface area contributed by atoms with Crippen molar-refractivity contribution in [2.24, 2.45) is 10.8 Å². The van der Waals surface area contributed by atoms with Crippen LogP contribution in [-0.4, -0.2) is 133 Å². The quantitative estimate of drug-likeness (QED) is 0.0831. The Morgan fingerprint density at radius 2 is 0.933 bits per heavy atom. The highest BCUT2D eigenvalue weighted by Gasteiger charge is 2.47. The number of nitrogens with one attached hydrogen (secondary N) is 8. The molecule has 75 heavy (non-hydrogen) atoms. The zero-order valence-electron chi connectivity index (χ0n) is 45.6. The van der Waals surface area contributed by atoms with E-state index in [1.807, 2.05) is 79.7 Å². The summed E-state index contributed by atoms with van der Waals surface area (Å²) in [5, 5.41) is 24.0. The number of benzene rings is 3. The third-order valence-electron chi connectivity index (χ3n) is 14.0. The molecule has 19 nitrogen and oxygen atoms in total. The Kier molecular flexibility index (Phi) is 19.7. The van der Waals surface area contributed by atoms with Crippen LogP contribution in [0.3, 0.4) is 0 Å². The summed E-state index contributed by atoms with van der Waals surface area (Å²) in [6, 6.07) is 11.1. The average Bonchev–Trinajstić information content (AvgIpc) is 3.98. The number of nitrogens with two attached hydrogens (primary N) is 1.